The van der Waals surface area contributed by atoms with Crippen molar-refractivity contribution >= 4 is 20.8 Å². The maximum atomic E-state index is 5.40. The summed E-state index contributed by atoms with van der Waals surface area (Å²) in [7, 11) is -0.223. The van der Waals surface area contributed by atoms with E-state index >= 15 is 0 Å². The van der Waals surface area contributed by atoms with Gasteiger partial charge < -0.3 is 4.74 Å². The Morgan fingerprint density at radius 3 is 2.93 bits per heavy atom. The molecule has 0 radical (unpaired) electrons. The Hall–Kier alpha value is -0.863. The van der Waals surface area contributed by atoms with E-state index in [4.69, 9.17) is 4.74 Å². The molecule has 2 heteroatoms. The molecule has 0 bridgehead atoms. The Labute approximate surface area is 95.0 Å². The Morgan fingerprint density at radius 2 is 2.20 bits per heavy atom. The summed E-state index contributed by atoms with van der Waals surface area (Å²) >= 11 is 0. The van der Waals surface area contributed by atoms with Crippen molar-refractivity contribution in [1.29, 1.82) is 0 Å². The molecular formula is C13H20OSi. The Bertz CT molecular complexity index is 307. The molecule has 15 heavy (non-hydrogen) atoms. The normalized spacial score (nSPS) is 11.9. The lowest BCUT2D eigenvalue weighted by molar-refractivity contribution is 0.193. The lowest BCUT2D eigenvalue weighted by atomic mass is 10.2. The van der Waals surface area contributed by atoms with E-state index < -0.39 is 0 Å². The predicted octanol–water partition coefficient (Wildman–Crippen LogP) is 1.90. The largest absolute Gasteiger partial charge is 0.385 e. The second kappa shape index (κ2) is 7.43. The minimum atomic E-state index is -0.223. The van der Waals surface area contributed by atoms with Crippen molar-refractivity contribution < 1.29 is 4.74 Å². The minimum Gasteiger partial charge on any atom is -0.385 e. The number of benzene rings is 1. The van der Waals surface area contributed by atoms with Crippen LogP contribution in [-0.4, -0.2) is 22.4 Å². The summed E-state index contributed by atoms with van der Waals surface area (Å²) in [5.74, 6) is 0. The van der Waals surface area contributed by atoms with Gasteiger partial charge in [-0.2, -0.15) is 0 Å². The quantitative estimate of drug-likeness (QED) is 0.525. The number of ether oxygens (including phenoxy) is 1. The molecule has 1 nitrogen and oxygen atoms in total. The first-order valence-corrected chi connectivity index (χ1v) is 7.40. The highest BCUT2D eigenvalue weighted by atomic mass is 28.2. The zero-order chi connectivity index (χ0) is 10.9. The highest BCUT2D eigenvalue weighted by Crippen LogP contribution is 2.00. The maximum absolute atomic E-state index is 5.40. The standard InChI is InChI=1S/C13H20OSi/c1-3-5-7-12-8-6-9-13(10-12)15-11-14-4-2/h5-10H,3-4,11,15H2,1-2H3. The lowest BCUT2D eigenvalue weighted by Gasteiger charge is -2.02. The average molecular weight is 220 g/mol. The van der Waals surface area contributed by atoms with Crippen LogP contribution in [-0.2, 0) is 4.74 Å². The fourth-order valence-electron chi connectivity index (χ4n) is 1.44. The summed E-state index contributed by atoms with van der Waals surface area (Å²) in [6.45, 7) is 5.04. The molecule has 0 atom stereocenters. The molecular weight excluding hydrogens is 200 g/mol. The van der Waals surface area contributed by atoms with E-state index in [1.54, 1.807) is 0 Å². The molecule has 1 rings (SSSR count). The molecule has 0 N–H and O–H groups in total. The molecule has 1 aromatic carbocycles. The van der Waals surface area contributed by atoms with E-state index in [-0.39, 0.29) is 9.52 Å². The molecule has 1 aromatic rings. The van der Waals surface area contributed by atoms with E-state index in [1.807, 2.05) is 0 Å². The van der Waals surface area contributed by atoms with Gasteiger partial charge in [0.1, 0.15) is 0 Å². The Balaban J connectivity index is 2.53. The van der Waals surface area contributed by atoms with Crippen LogP contribution in [0.5, 0.6) is 0 Å². The van der Waals surface area contributed by atoms with E-state index in [2.05, 4.69) is 50.3 Å². The van der Waals surface area contributed by atoms with Crippen LogP contribution in [0.25, 0.3) is 6.08 Å². The third kappa shape index (κ3) is 4.95. The second-order valence-electron chi connectivity index (χ2n) is 3.50. The number of hydrogen-bond donors (Lipinski definition) is 0. The molecule has 0 aliphatic heterocycles. The highest BCUT2D eigenvalue weighted by molar-refractivity contribution is 6.53. The van der Waals surface area contributed by atoms with Crippen molar-refractivity contribution in [2.24, 2.45) is 0 Å². The zero-order valence-corrected chi connectivity index (χ0v) is 11.1. The Kier molecular flexibility index (Phi) is 6.05. The van der Waals surface area contributed by atoms with Crippen LogP contribution in [0.3, 0.4) is 0 Å². The molecule has 0 unspecified atom stereocenters. The average Bonchev–Trinajstić information content (AvgIpc) is 2.27. The minimum absolute atomic E-state index is 0.223. The summed E-state index contributed by atoms with van der Waals surface area (Å²) in [4.78, 5) is 0. The van der Waals surface area contributed by atoms with Crippen molar-refractivity contribution in [2.45, 2.75) is 20.3 Å². The van der Waals surface area contributed by atoms with Crippen molar-refractivity contribution in [3.05, 3.63) is 35.9 Å². The summed E-state index contributed by atoms with van der Waals surface area (Å²) in [5.41, 5.74) is 1.32. The van der Waals surface area contributed by atoms with Crippen molar-refractivity contribution in [3.8, 4) is 0 Å². The summed E-state index contributed by atoms with van der Waals surface area (Å²) < 4.78 is 5.40. The summed E-state index contributed by atoms with van der Waals surface area (Å²) in [6.07, 6.45) is 6.44. The molecule has 0 saturated heterocycles. The van der Waals surface area contributed by atoms with Gasteiger partial charge in [-0.1, -0.05) is 48.5 Å². The van der Waals surface area contributed by atoms with Crippen LogP contribution in [0.2, 0.25) is 0 Å². The van der Waals surface area contributed by atoms with Gasteiger partial charge in [0.2, 0.25) is 0 Å². The second-order valence-corrected chi connectivity index (χ2v) is 5.23. The molecule has 0 aromatic heterocycles. The molecule has 0 fully saturated rings. The maximum Gasteiger partial charge on any atom is 0.0849 e. The highest BCUT2D eigenvalue weighted by Gasteiger charge is 1.94. The van der Waals surface area contributed by atoms with Crippen LogP contribution in [0.1, 0.15) is 25.8 Å². The van der Waals surface area contributed by atoms with Crippen molar-refractivity contribution in [1.82, 2.24) is 0 Å². The topological polar surface area (TPSA) is 9.23 Å². The van der Waals surface area contributed by atoms with Gasteiger partial charge in [0, 0.05) is 12.8 Å². The third-order valence-electron chi connectivity index (χ3n) is 2.24. The SMILES string of the molecule is CCC=Cc1cccc([SiH2]COCC)c1. The first-order valence-electron chi connectivity index (χ1n) is 5.70. The van der Waals surface area contributed by atoms with Gasteiger partial charge in [0.15, 0.2) is 0 Å². The molecule has 0 amide bonds. The van der Waals surface area contributed by atoms with Gasteiger partial charge in [-0.05, 0) is 18.9 Å². The molecule has 0 aliphatic rings. The molecule has 0 spiro atoms. The van der Waals surface area contributed by atoms with Crippen LogP contribution >= 0.6 is 0 Å². The summed E-state index contributed by atoms with van der Waals surface area (Å²) in [6, 6.07) is 8.81. The third-order valence-corrected chi connectivity index (χ3v) is 3.75. The lowest BCUT2D eigenvalue weighted by Crippen LogP contribution is -2.19. The molecule has 0 heterocycles. The smallest absolute Gasteiger partial charge is 0.0849 e. The number of hydrogen-bond acceptors (Lipinski definition) is 1. The molecule has 0 aliphatic carbocycles. The van der Waals surface area contributed by atoms with Gasteiger partial charge in [-0.25, -0.2) is 0 Å². The van der Waals surface area contributed by atoms with E-state index in [1.165, 1.54) is 10.8 Å². The summed E-state index contributed by atoms with van der Waals surface area (Å²) in [5, 5.41) is 1.49. The Morgan fingerprint density at radius 1 is 1.33 bits per heavy atom. The van der Waals surface area contributed by atoms with Crippen LogP contribution < -0.4 is 5.19 Å². The first-order chi connectivity index (χ1) is 7.36. The fourth-order valence-corrected chi connectivity index (χ4v) is 2.79. The van der Waals surface area contributed by atoms with Crippen LogP contribution in [0.4, 0.5) is 0 Å². The molecule has 0 saturated carbocycles. The van der Waals surface area contributed by atoms with Crippen molar-refractivity contribution in [3.63, 3.8) is 0 Å². The molecule has 82 valence electrons. The van der Waals surface area contributed by atoms with E-state index in [9.17, 15) is 0 Å². The van der Waals surface area contributed by atoms with E-state index in [0.717, 1.165) is 19.3 Å². The predicted molar refractivity (Wildman–Crippen MR) is 70.4 cm³/mol. The van der Waals surface area contributed by atoms with Gasteiger partial charge in [-0.3, -0.25) is 0 Å². The van der Waals surface area contributed by atoms with Gasteiger partial charge in [0.05, 0.1) is 9.52 Å². The van der Waals surface area contributed by atoms with Gasteiger partial charge in [-0.15, -0.1) is 0 Å². The van der Waals surface area contributed by atoms with Gasteiger partial charge >= 0.3 is 0 Å². The van der Waals surface area contributed by atoms with Crippen LogP contribution in [0.15, 0.2) is 30.3 Å². The zero-order valence-electron chi connectivity index (χ0n) is 9.70. The van der Waals surface area contributed by atoms with Crippen LogP contribution in [0, 0.1) is 0 Å². The van der Waals surface area contributed by atoms with E-state index in [0.29, 0.717) is 0 Å². The number of rotatable bonds is 6. The number of allylic oxidation sites excluding steroid dienone is 1. The fraction of sp³-hybridized carbons (Fsp3) is 0.385. The van der Waals surface area contributed by atoms with Crippen molar-refractivity contribution in [2.75, 3.05) is 12.8 Å². The first kappa shape index (κ1) is 12.2. The monoisotopic (exact) mass is 220 g/mol. The van der Waals surface area contributed by atoms with Gasteiger partial charge in [0.25, 0.3) is 0 Å².